The Hall–Kier alpha value is -2.38. The molecule has 1 aliphatic heterocycles. The van der Waals surface area contributed by atoms with Gasteiger partial charge in [-0.15, -0.1) is 0 Å². The van der Waals surface area contributed by atoms with Crippen molar-refractivity contribution >= 4 is 17.8 Å². The second kappa shape index (κ2) is 4.71. The molecule has 2 amide bonds. The molecular weight excluding hydrogens is 250 g/mol. The molecule has 1 aromatic heterocycles. The topological polar surface area (TPSA) is 121 Å². The predicted molar refractivity (Wildman–Crippen MR) is 66.5 cm³/mol. The lowest BCUT2D eigenvalue weighted by Gasteiger charge is -2.34. The smallest absolute Gasteiger partial charge is 0.409 e. The standard InChI is InChI=1S/C11H15N5O3/c1-11(4-2-6-16(11)10(18)19)15-7-3-5-13-9(14-7)8(12)17/h3,5H,2,4,6H2,1H3,(H2,12,17)(H,18,19)(H,13,14,15). The van der Waals surface area contributed by atoms with E-state index >= 15 is 0 Å². The lowest BCUT2D eigenvalue weighted by molar-refractivity contribution is 0.0989. The molecule has 1 saturated heterocycles. The number of carboxylic acid groups (broad SMARTS) is 1. The fourth-order valence-electron chi connectivity index (χ4n) is 2.22. The third-order valence-electron chi connectivity index (χ3n) is 3.15. The van der Waals surface area contributed by atoms with Crippen LogP contribution >= 0.6 is 0 Å². The van der Waals surface area contributed by atoms with Crippen molar-refractivity contribution in [1.29, 1.82) is 0 Å². The van der Waals surface area contributed by atoms with Crippen molar-refractivity contribution in [3.05, 3.63) is 18.1 Å². The van der Waals surface area contributed by atoms with Crippen LogP contribution in [0.4, 0.5) is 10.6 Å². The summed E-state index contributed by atoms with van der Waals surface area (Å²) < 4.78 is 0. The summed E-state index contributed by atoms with van der Waals surface area (Å²) in [6, 6.07) is 1.57. The van der Waals surface area contributed by atoms with Gasteiger partial charge in [0.25, 0.3) is 5.91 Å². The van der Waals surface area contributed by atoms with E-state index in [0.717, 1.165) is 6.42 Å². The second-order valence-corrected chi connectivity index (χ2v) is 4.57. The summed E-state index contributed by atoms with van der Waals surface area (Å²) in [7, 11) is 0. The highest BCUT2D eigenvalue weighted by Crippen LogP contribution is 2.29. The van der Waals surface area contributed by atoms with Crippen molar-refractivity contribution in [2.45, 2.75) is 25.4 Å². The molecule has 8 heteroatoms. The Morgan fingerprint density at radius 1 is 1.58 bits per heavy atom. The molecule has 0 aliphatic carbocycles. The first-order valence-corrected chi connectivity index (χ1v) is 5.84. The summed E-state index contributed by atoms with van der Waals surface area (Å²) in [4.78, 5) is 31.2. The Kier molecular flexibility index (Phi) is 3.24. The SMILES string of the molecule is CC1(Nc2ccnc(C(N)=O)n2)CCCN1C(=O)O. The van der Waals surface area contributed by atoms with Crippen LogP contribution in [0.25, 0.3) is 0 Å². The average Bonchev–Trinajstić information content (AvgIpc) is 2.71. The Labute approximate surface area is 109 Å². The number of carbonyl (C=O) groups is 2. The first kappa shape index (κ1) is 13.1. The number of nitrogens with two attached hydrogens (primary N) is 1. The lowest BCUT2D eigenvalue weighted by atomic mass is 10.1. The molecule has 8 nitrogen and oxygen atoms in total. The van der Waals surface area contributed by atoms with Gasteiger partial charge in [-0.3, -0.25) is 9.69 Å². The number of nitrogens with zero attached hydrogens (tertiary/aromatic N) is 3. The van der Waals surface area contributed by atoms with Crippen LogP contribution in [0.15, 0.2) is 12.3 Å². The minimum Gasteiger partial charge on any atom is -0.465 e. The monoisotopic (exact) mass is 265 g/mol. The quantitative estimate of drug-likeness (QED) is 0.730. The maximum atomic E-state index is 11.2. The summed E-state index contributed by atoms with van der Waals surface area (Å²) in [5.41, 5.74) is 4.36. The summed E-state index contributed by atoms with van der Waals surface area (Å²) in [6.45, 7) is 2.24. The highest BCUT2D eigenvalue weighted by atomic mass is 16.4. The minimum atomic E-state index is -0.989. The van der Waals surface area contributed by atoms with E-state index < -0.39 is 17.7 Å². The largest absolute Gasteiger partial charge is 0.465 e. The summed E-state index contributed by atoms with van der Waals surface area (Å²) in [6.07, 6.45) is 1.84. The van der Waals surface area contributed by atoms with Gasteiger partial charge in [0.2, 0.25) is 5.82 Å². The first-order chi connectivity index (χ1) is 8.92. The molecule has 2 rings (SSSR count). The van der Waals surface area contributed by atoms with Crippen LogP contribution < -0.4 is 11.1 Å². The number of hydrogen-bond donors (Lipinski definition) is 3. The summed E-state index contributed by atoms with van der Waals surface area (Å²) >= 11 is 0. The summed E-state index contributed by atoms with van der Waals surface area (Å²) in [5, 5.41) is 12.2. The van der Waals surface area contributed by atoms with Gasteiger partial charge < -0.3 is 16.2 Å². The van der Waals surface area contributed by atoms with Crippen molar-refractivity contribution in [3.63, 3.8) is 0 Å². The van der Waals surface area contributed by atoms with E-state index in [1.54, 1.807) is 13.0 Å². The van der Waals surface area contributed by atoms with Crippen LogP contribution in [0.2, 0.25) is 0 Å². The Morgan fingerprint density at radius 3 is 2.95 bits per heavy atom. The molecule has 102 valence electrons. The molecular formula is C11H15N5O3. The van der Waals surface area contributed by atoms with E-state index in [4.69, 9.17) is 10.8 Å². The fraction of sp³-hybridized carbons (Fsp3) is 0.455. The molecule has 1 unspecified atom stereocenters. The Bertz CT molecular complexity index is 521. The van der Waals surface area contributed by atoms with Gasteiger partial charge in [-0.1, -0.05) is 0 Å². The average molecular weight is 265 g/mol. The number of rotatable bonds is 3. The first-order valence-electron chi connectivity index (χ1n) is 5.84. The van der Waals surface area contributed by atoms with Crippen molar-refractivity contribution < 1.29 is 14.7 Å². The van der Waals surface area contributed by atoms with E-state index in [9.17, 15) is 9.59 Å². The number of aromatic nitrogens is 2. The molecule has 0 bridgehead atoms. The zero-order valence-corrected chi connectivity index (χ0v) is 10.5. The van der Waals surface area contributed by atoms with Crippen LogP contribution in [0.5, 0.6) is 0 Å². The minimum absolute atomic E-state index is 0.103. The third-order valence-corrected chi connectivity index (χ3v) is 3.15. The lowest BCUT2D eigenvalue weighted by Crippen LogP contribution is -2.50. The van der Waals surface area contributed by atoms with Crippen LogP contribution in [0.3, 0.4) is 0 Å². The highest BCUT2D eigenvalue weighted by molar-refractivity contribution is 5.89. The summed E-state index contributed by atoms with van der Waals surface area (Å²) in [5.74, 6) is -0.455. The number of likely N-dealkylation sites (tertiary alicyclic amines) is 1. The molecule has 1 aliphatic rings. The molecule has 1 fully saturated rings. The maximum Gasteiger partial charge on any atom is 0.409 e. The predicted octanol–water partition coefficient (Wildman–Crippen LogP) is 0.477. The van der Waals surface area contributed by atoms with Crippen LogP contribution in [-0.4, -0.2) is 44.2 Å². The second-order valence-electron chi connectivity index (χ2n) is 4.57. The molecule has 19 heavy (non-hydrogen) atoms. The molecule has 0 radical (unpaired) electrons. The van der Waals surface area contributed by atoms with E-state index in [1.807, 2.05) is 0 Å². The molecule has 0 saturated carbocycles. The van der Waals surface area contributed by atoms with Gasteiger partial charge in [-0.2, -0.15) is 0 Å². The van der Waals surface area contributed by atoms with Crippen molar-refractivity contribution in [2.75, 3.05) is 11.9 Å². The molecule has 0 spiro atoms. The number of amides is 2. The number of nitrogens with one attached hydrogen (secondary N) is 1. The van der Waals surface area contributed by atoms with Crippen LogP contribution in [0, 0.1) is 0 Å². The van der Waals surface area contributed by atoms with E-state index in [0.29, 0.717) is 18.8 Å². The number of primary amides is 1. The van der Waals surface area contributed by atoms with Gasteiger partial charge in [-0.25, -0.2) is 14.8 Å². The molecule has 4 N–H and O–H groups in total. The number of hydrogen-bond acceptors (Lipinski definition) is 5. The van der Waals surface area contributed by atoms with E-state index in [1.165, 1.54) is 11.1 Å². The molecule has 1 atom stereocenters. The number of anilines is 1. The van der Waals surface area contributed by atoms with Gasteiger partial charge in [0, 0.05) is 12.7 Å². The Balaban J connectivity index is 2.22. The molecule has 2 heterocycles. The zero-order chi connectivity index (χ0) is 14.0. The zero-order valence-electron chi connectivity index (χ0n) is 10.5. The highest BCUT2D eigenvalue weighted by Gasteiger charge is 2.40. The van der Waals surface area contributed by atoms with Crippen molar-refractivity contribution in [1.82, 2.24) is 14.9 Å². The van der Waals surface area contributed by atoms with E-state index in [2.05, 4.69) is 15.3 Å². The van der Waals surface area contributed by atoms with Gasteiger partial charge in [-0.05, 0) is 25.8 Å². The normalized spacial score (nSPS) is 22.3. The maximum absolute atomic E-state index is 11.2. The van der Waals surface area contributed by atoms with Gasteiger partial charge in [0.1, 0.15) is 11.5 Å². The van der Waals surface area contributed by atoms with Gasteiger partial charge in [0.05, 0.1) is 0 Å². The van der Waals surface area contributed by atoms with Gasteiger partial charge >= 0.3 is 6.09 Å². The molecule has 0 aromatic carbocycles. The van der Waals surface area contributed by atoms with Crippen molar-refractivity contribution in [3.8, 4) is 0 Å². The van der Waals surface area contributed by atoms with Crippen LogP contribution in [0.1, 0.15) is 30.4 Å². The Morgan fingerprint density at radius 2 is 2.32 bits per heavy atom. The van der Waals surface area contributed by atoms with Crippen LogP contribution in [-0.2, 0) is 0 Å². The van der Waals surface area contributed by atoms with Gasteiger partial charge in [0.15, 0.2) is 0 Å². The van der Waals surface area contributed by atoms with Crippen molar-refractivity contribution in [2.24, 2.45) is 5.73 Å². The fourth-order valence-corrected chi connectivity index (χ4v) is 2.22. The molecule has 1 aromatic rings. The number of carbonyl (C=O) groups excluding carboxylic acids is 1. The third kappa shape index (κ3) is 2.56. The van der Waals surface area contributed by atoms with E-state index in [-0.39, 0.29) is 5.82 Å².